The van der Waals surface area contributed by atoms with Gasteiger partial charge in [-0.25, -0.2) is 0 Å². The van der Waals surface area contributed by atoms with Gasteiger partial charge in [0.15, 0.2) is 0 Å². The van der Waals surface area contributed by atoms with Gasteiger partial charge in [-0.2, -0.15) is 0 Å². The third kappa shape index (κ3) is 5.45. The molecule has 0 spiro atoms. The van der Waals surface area contributed by atoms with Gasteiger partial charge in [-0.1, -0.05) is 41.4 Å². The van der Waals surface area contributed by atoms with Gasteiger partial charge in [0, 0.05) is 44.3 Å². The van der Waals surface area contributed by atoms with Crippen LogP contribution in [0.15, 0.2) is 42.5 Å². The molecule has 6 nitrogen and oxygen atoms in total. The number of esters is 1. The van der Waals surface area contributed by atoms with E-state index in [0.717, 1.165) is 37.1 Å². The number of piperidine rings is 1. The minimum absolute atomic E-state index is 0.0348. The fraction of sp³-hybridized carbons (Fsp3) is 0.481. The Labute approximate surface area is 216 Å². The molecular weight excluding hydrogens is 487 g/mol. The summed E-state index contributed by atoms with van der Waals surface area (Å²) in [6.45, 7) is 3.10. The Morgan fingerprint density at radius 3 is 2.66 bits per heavy atom. The second-order valence-corrected chi connectivity index (χ2v) is 10.8. The molecule has 1 saturated heterocycles. The summed E-state index contributed by atoms with van der Waals surface area (Å²) in [6, 6.07) is 12.5. The zero-order valence-electron chi connectivity index (χ0n) is 20.3. The molecule has 2 aliphatic rings. The van der Waals surface area contributed by atoms with Crippen LogP contribution in [-0.4, -0.2) is 66.1 Å². The first kappa shape index (κ1) is 25.8. The van der Waals surface area contributed by atoms with E-state index in [1.54, 1.807) is 23.1 Å². The van der Waals surface area contributed by atoms with Gasteiger partial charge in [0.1, 0.15) is 11.9 Å². The highest BCUT2D eigenvalue weighted by atomic mass is 35.5. The van der Waals surface area contributed by atoms with Crippen molar-refractivity contribution in [3.63, 3.8) is 0 Å². The Morgan fingerprint density at radius 2 is 1.97 bits per heavy atom. The monoisotopic (exact) mass is 518 g/mol. The van der Waals surface area contributed by atoms with Crippen molar-refractivity contribution >= 4 is 35.1 Å². The molecule has 2 aromatic carbocycles. The van der Waals surface area contributed by atoms with Crippen LogP contribution < -0.4 is 0 Å². The van der Waals surface area contributed by atoms with Crippen molar-refractivity contribution < 1.29 is 19.4 Å². The number of ether oxygens (including phenoxy) is 1. The van der Waals surface area contributed by atoms with Crippen LogP contribution in [0.5, 0.6) is 5.75 Å². The number of carbonyl (C=O) groups excluding carboxylic acids is 2. The summed E-state index contributed by atoms with van der Waals surface area (Å²) in [5.74, 6) is -0.0857. The molecule has 0 bridgehead atoms. The maximum absolute atomic E-state index is 13.3. The highest BCUT2D eigenvalue weighted by Crippen LogP contribution is 2.51. The van der Waals surface area contributed by atoms with E-state index in [0.29, 0.717) is 16.5 Å². The van der Waals surface area contributed by atoms with Crippen LogP contribution in [0.1, 0.15) is 37.3 Å². The number of carbonyl (C=O) groups is 2. The number of nitrogens with zero attached hydrogens (tertiary/aromatic N) is 2. The van der Waals surface area contributed by atoms with Crippen LogP contribution in [0.2, 0.25) is 10.0 Å². The van der Waals surface area contributed by atoms with Crippen molar-refractivity contribution in [2.45, 2.75) is 50.2 Å². The first-order valence-corrected chi connectivity index (χ1v) is 12.7. The van der Waals surface area contributed by atoms with Crippen LogP contribution in [0.4, 0.5) is 0 Å². The average Bonchev–Trinajstić information content (AvgIpc) is 2.81. The topological polar surface area (TPSA) is 70.1 Å². The zero-order valence-corrected chi connectivity index (χ0v) is 21.9. The predicted octanol–water partition coefficient (Wildman–Crippen LogP) is 4.68. The first-order chi connectivity index (χ1) is 16.6. The molecule has 1 N–H and O–H groups in total. The average molecular weight is 519 g/mol. The number of amides is 1. The highest BCUT2D eigenvalue weighted by Gasteiger charge is 2.54. The summed E-state index contributed by atoms with van der Waals surface area (Å²) in [4.78, 5) is 29.5. The SMILES string of the molecule is CC(=O)OC1C[C@H](N(C)C(=O)Cc2ccc(Cl)c(Cl)c2)C[C@]2(c3cccc(O)c3)CCN(C)C[C@@H]12. The van der Waals surface area contributed by atoms with E-state index < -0.39 is 0 Å². The molecule has 4 rings (SSSR count). The summed E-state index contributed by atoms with van der Waals surface area (Å²) in [5, 5.41) is 11.2. The van der Waals surface area contributed by atoms with E-state index in [2.05, 4.69) is 11.9 Å². The summed E-state index contributed by atoms with van der Waals surface area (Å²) < 4.78 is 5.89. The van der Waals surface area contributed by atoms with Crippen molar-refractivity contribution in [1.29, 1.82) is 0 Å². The molecule has 1 saturated carbocycles. The van der Waals surface area contributed by atoms with Gasteiger partial charge < -0.3 is 19.6 Å². The molecule has 1 heterocycles. The molecule has 1 unspecified atom stereocenters. The molecular formula is C27H32Cl2N2O4. The summed E-state index contributed by atoms with van der Waals surface area (Å²) in [5.41, 5.74) is 1.50. The Morgan fingerprint density at radius 1 is 1.20 bits per heavy atom. The van der Waals surface area contributed by atoms with Gasteiger partial charge in [0.05, 0.1) is 16.5 Å². The minimum Gasteiger partial charge on any atom is -0.508 e. The zero-order chi connectivity index (χ0) is 25.3. The van der Waals surface area contributed by atoms with E-state index in [9.17, 15) is 14.7 Å². The van der Waals surface area contributed by atoms with Gasteiger partial charge in [0.25, 0.3) is 0 Å². The molecule has 2 aromatic rings. The molecule has 4 atom stereocenters. The second-order valence-electron chi connectivity index (χ2n) is 10.00. The minimum atomic E-state index is -0.337. The Balaban J connectivity index is 1.66. The molecule has 0 radical (unpaired) electrons. The Bertz CT molecular complexity index is 1110. The quantitative estimate of drug-likeness (QED) is 0.581. The molecule has 1 amide bonds. The molecule has 2 fully saturated rings. The predicted molar refractivity (Wildman–Crippen MR) is 137 cm³/mol. The molecule has 1 aliphatic carbocycles. The van der Waals surface area contributed by atoms with E-state index in [1.807, 2.05) is 31.3 Å². The van der Waals surface area contributed by atoms with Crippen LogP contribution in [0.25, 0.3) is 0 Å². The highest BCUT2D eigenvalue weighted by molar-refractivity contribution is 6.42. The number of fused-ring (bicyclic) bond motifs is 1. The molecule has 35 heavy (non-hydrogen) atoms. The van der Waals surface area contributed by atoms with Crippen molar-refractivity contribution in [2.24, 2.45) is 5.92 Å². The lowest BCUT2D eigenvalue weighted by atomic mass is 9.56. The summed E-state index contributed by atoms with van der Waals surface area (Å²) in [6.07, 6.45) is 2.02. The summed E-state index contributed by atoms with van der Waals surface area (Å²) >= 11 is 12.2. The third-order valence-corrected chi connectivity index (χ3v) is 8.47. The van der Waals surface area contributed by atoms with Crippen LogP contribution in [-0.2, 0) is 26.2 Å². The number of halogens is 2. The van der Waals surface area contributed by atoms with Crippen LogP contribution in [0.3, 0.4) is 0 Å². The van der Waals surface area contributed by atoms with Crippen molar-refractivity contribution in [3.05, 3.63) is 63.6 Å². The number of likely N-dealkylation sites (N-methyl/N-ethyl adjacent to an activating group) is 1. The number of rotatable bonds is 5. The number of phenolic OH excluding ortho intramolecular Hbond substituents is 1. The van der Waals surface area contributed by atoms with E-state index in [4.69, 9.17) is 27.9 Å². The summed E-state index contributed by atoms with van der Waals surface area (Å²) in [7, 11) is 3.90. The van der Waals surface area contributed by atoms with Gasteiger partial charge in [-0.15, -0.1) is 0 Å². The maximum atomic E-state index is 13.3. The normalized spacial score (nSPS) is 26.6. The number of likely N-dealkylation sites (tertiary alicyclic amines) is 1. The third-order valence-electron chi connectivity index (χ3n) is 7.73. The lowest BCUT2D eigenvalue weighted by Crippen LogP contribution is -2.61. The molecule has 8 heteroatoms. The van der Waals surface area contributed by atoms with Crippen LogP contribution in [0, 0.1) is 5.92 Å². The van der Waals surface area contributed by atoms with E-state index in [-0.39, 0.29) is 47.5 Å². The number of benzene rings is 2. The second kappa shape index (κ2) is 10.4. The number of hydrogen-bond donors (Lipinski definition) is 1. The maximum Gasteiger partial charge on any atom is 0.302 e. The molecule has 0 aromatic heterocycles. The van der Waals surface area contributed by atoms with E-state index >= 15 is 0 Å². The van der Waals surface area contributed by atoms with Crippen molar-refractivity contribution in [1.82, 2.24) is 9.80 Å². The molecule has 188 valence electrons. The molecule has 1 aliphatic heterocycles. The van der Waals surface area contributed by atoms with E-state index in [1.165, 1.54) is 6.92 Å². The fourth-order valence-electron chi connectivity index (χ4n) is 5.92. The van der Waals surface area contributed by atoms with Gasteiger partial charge >= 0.3 is 5.97 Å². The number of aromatic hydroxyl groups is 1. The van der Waals surface area contributed by atoms with Crippen molar-refractivity contribution in [2.75, 3.05) is 27.2 Å². The number of hydrogen-bond acceptors (Lipinski definition) is 5. The van der Waals surface area contributed by atoms with Gasteiger partial charge in [-0.3, -0.25) is 9.59 Å². The lowest BCUT2D eigenvalue weighted by molar-refractivity contribution is -0.160. The standard InChI is InChI=1S/C27H32Cl2N2O4/c1-17(32)35-25-14-20(31(3)26(34)12-18-7-8-23(28)24(29)11-18)15-27(9-10-30(2)16-22(25)27)19-5-4-6-21(33)13-19/h4-8,11,13,20,22,25,33H,9-10,12,14-16H2,1-3H3/t20-,22-,25?,27-/m0/s1. The smallest absolute Gasteiger partial charge is 0.302 e. The Kier molecular flexibility index (Phi) is 7.65. The Hall–Kier alpha value is -2.28. The fourth-order valence-corrected chi connectivity index (χ4v) is 6.24. The van der Waals surface area contributed by atoms with Gasteiger partial charge in [-0.05, 0) is 61.8 Å². The number of phenols is 1. The van der Waals surface area contributed by atoms with Crippen molar-refractivity contribution in [3.8, 4) is 5.75 Å². The van der Waals surface area contributed by atoms with Gasteiger partial charge in [0.2, 0.25) is 5.91 Å². The van der Waals surface area contributed by atoms with Crippen LogP contribution >= 0.6 is 23.2 Å². The largest absolute Gasteiger partial charge is 0.508 e. The first-order valence-electron chi connectivity index (χ1n) is 11.9. The lowest BCUT2D eigenvalue weighted by Gasteiger charge is -2.56.